The van der Waals surface area contributed by atoms with Crippen LogP contribution in [-0.2, 0) is 4.89 Å². The summed E-state index contributed by atoms with van der Waals surface area (Å²) >= 11 is 3.70. The van der Waals surface area contributed by atoms with Gasteiger partial charge in [-0.25, -0.2) is 18.7 Å². The number of hydrogen-bond acceptors (Lipinski definition) is 9. The van der Waals surface area contributed by atoms with Crippen molar-refractivity contribution in [2.24, 2.45) is 0 Å². The molecule has 2 aromatic heterocycles. The van der Waals surface area contributed by atoms with Gasteiger partial charge in [-0.2, -0.15) is 4.89 Å². The maximum Gasteiger partial charge on any atom is 0.279 e. The predicted octanol–water partition coefficient (Wildman–Crippen LogP) is 6.85. The third kappa shape index (κ3) is 7.62. The number of rotatable bonds is 6. The van der Waals surface area contributed by atoms with Crippen molar-refractivity contribution in [2.75, 3.05) is 49.7 Å². The van der Waals surface area contributed by atoms with Crippen LogP contribution in [0.4, 0.5) is 26.0 Å². The molecule has 1 aliphatic heterocycles. The summed E-state index contributed by atoms with van der Waals surface area (Å²) < 4.78 is 24.3. The van der Waals surface area contributed by atoms with E-state index in [-0.39, 0.29) is 10.8 Å². The Morgan fingerprint density at radius 3 is 2.18 bits per heavy atom. The first-order chi connectivity index (χ1) is 21.6. The fraction of sp³-hybridized carbons (Fsp3) is 0.235. The molecule has 1 aliphatic rings. The highest BCUT2D eigenvalue weighted by molar-refractivity contribution is 7.80. The Morgan fingerprint density at radius 1 is 0.844 bits per heavy atom. The van der Waals surface area contributed by atoms with Crippen LogP contribution in [-0.4, -0.2) is 54.2 Å². The van der Waals surface area contributed by atoms with Gasteiger partial charge >= 0.3 is 0 Å². The summed E-state index contributed by atoms with van der Waals surface area (Å²) in [6.07, 6.45) is 1.71. The van der Waals surface area contributed by atoms with Gasteiger partial charge in [-0.1, -0.05) is 18.2 Å². The molecule has 5 aromatic rings. The van der Waals surface area contributed by atoms with Gasteiger partial charge in [-0.3, -0.25) is 4.90 Å². The lowest BCUT2D eigenvalue weighted by Gasteiger charge is -2.38. The van der Waals surface area contributed by atoms with E-state index in [9.17, 15) is 8.78 Å². The van der Waals surface area contributed by atoms with Crippen LogP contribution in [0.2, 0.25) is 0 Å². The Bertz CT molecular complexity index is 1780. The van der Waals surface area contributed by atoms with Crippen LogP contribution in [0.3, 0.4) is 0 Å². The Kier molecular flexibility index (Phi) is 10.0. The minimum atomic E-state index is -0.627. The van der Waals surface area contributed by atoms with Crippen molar-refractivity contribution in [2.45, 2.75) is 24.8 Å². The molecular formula is C34H36F2N6O2S. The zero-order valence-electron chi connectivity index (χ0n) is 25.4. The second-order valence-corrected chi connectivity index (χ2v) is 11.4. The van der Waals surface area contributed by atoms with E-state index >= 15 is 0 Å². The lowest BCUT2D eigenvalue weighted by molar-refractivity contribution is -0.180. The number of halogens is 2. The van der Waals surface area contributed by atoms with Gasteiger partial charge in [0.25, 0.3) is 5.88 Å². The van der Waals surface area contributed by atoms with Crippen molar-refractivity contribution in [1.29, 1.82) is 0 Å². The molecule has 0 atom stereocenters. The van der Waals surface area contributed by atoms with Crippen LogP contribution < -0.4 is 21.3 Å². The quantitative estimate of drug-likeness (QED) is 0.106. The van der Waals surface area contributed by atoms with E-state index in [0.717, 1.165) is 71.5 Å². The van der Waals surface area contributed by atoms with Crippen LogP contribution in [0, 0.1) is 11.6 Å². The fourth-order valence-corrected chi connectivity index (χ4v) is 5.35. The van der Waals surface area contributed by atoms with Crippen molar-refractivity contribution >= 4 is 40.7 Å². The molecule has 0 aliphatic carbocycles. The SMILES string of the molecule is COOc1ncc(-c2ccc3nc(N)c(-c4ccc(N5CCN(C(C)C)CC5)cc4)cc3c2)cc1N.Fc1ccc(S)c(F)c1. The number of fused-ring (bicyclic) bond motifs is 1. The molecule has 0 amide bonds. The summed E-state index contributed by atoms with van der Waals surface area (Å²) in [6, 6.07) is 22.4. The van der Waals surface area contributed by atoms with E-state index in [1.807, 2.05) is 18.2 Å². The Morgan fingerprint density at radius 2 is 1.56 bits per heavy atom. The van der Waals surface area contributed by atoms with Gasteiger partial charge in [-0.05, 0) is 73.5 Å². The number of pyridine rings is 2. The van der Waals surface area contributed by atoms with Crippen molar-refractivity contribution in [3.63, 3.8) is 0 Å². The summed E-state index contributed by atoms with van der Waals surface area (Å²) in [4.78, 5) is 23.7. The second kappa shape index (κ2) is 14.1. The van der Waals surface area contributed by atoms with Crippen molar-refractivity contribution < 1.29 is 18.6 Å². The van der Waals surface area contributed by atoms with Crippen LogP contribution in [0.5, 0.6) is 5.88 Å². The minimum Gasteiger partial charge on any atom is -0.394 e. The Hall–Kier alpha value is -4.45. The second-order valence-electron chi connectivity index (χ2n) is 11.0. The van der Waals surface area contributed by atoms with Crippen molar-refractivity contribution in [3.05, 3.63) is 90.6 Å². The molecule has 0 unspecified atom stereocenters. The predicted molar refractivity (Wildman–Crippen MR) is 179 cm³/mol. The van der Waals surface area contributed by atoms with Gasteiger partial charge in [0.1, 0.15) is 17.5 Å². The monoisotopic (exact) mass is 630 g/mol. The maximum absolute atomic E-state index is 12.3. The fourth-order valence-electron chi connectivity index (χ4n) is 5.21. The molecule has 6 rings (SSSR count). The number of nitrogen functional groups attached to an aromatic ring is 2. The molecule has 11 heteroatoms. The van der Waals surface area contributed by atoms with Gasteiger partial charge in [0.2, 0.25) is 0 Å². The number of thiol groups is 1. The average Bonchev–Trinajstić information content (AvgIpc) is 3.04. The number of anilines is 3. The van der Waals surface area contributed by atoms with Gasteiger partial charge in [0.15, 0.2) is 0 Å². The summed E-state index contributed by atoms with van der Waals surface area (Å²) in [5, 5.41) is 0.987. The molecule has 45 heavy (non-hydrogen) atoms. The largest absolute Gasteiger partial charge is 0.394 e. The molecule has 234 valence electrons. The maximum atomic E-state index is 12.3. The van der Waals surface area contributed by atoms with Crippen LogP contribution in [0.15, 0.2) is 83.9 Å². The summed E-state index contributed by atoms with van der Waals surface area (Å²) in [7, 11) is 1.41. The number of aromatic nitrogens is 2. The number of benzene rings is 3. The standard InChI is InChI=1S/C28H32N6O2.C6H4F2S/c1-18(2)33-10-12-34(13-11-33)23-7-4-19(5-8-23)24-15-21-14-20(6-9-26(21)32-27(24)30)22-16-25(29)28(31-17-22)36-35-3;7-4-1-2-6(9)5(8)3-4/h4-9,14-18H,10-13,29H2,1-3H3,(H2,30,32);1-3,9H. The minimum absolute atomic E-state index is 0.163. The summed E-state index contributed by atoms with van der Waals surface area (Å²) in [6.45, 7) is 8.78. The van der Waals surface area contributed by atoms with Gasteiger partial charge < -0.3 is 21.3 Å². The first kappa shape index (κ1) is 32.0. The number of nitrogens with zero attached hydrogens (tertiary/aromatic N) is 4. The first-order valence-corrected chi connectivity index (χ1v) is 15.0. The first-order valence-electron chi connectivity index (χ1n) is 14.5. The molecule has 4 N–H and O–H groups in total. The Labute approximate surface area is 266 Å². The van der Waals surface area contributed by atoms with E-state index in [1.165, 1.54) is 18.9 Å². The zero-order valence-corrected chi connectivity index (χ0v) is 26.3. The van der Waals surface area contributed by atoms with Crippen LogP contribution in [0.1, 0.15) is 13.8 Å². The van der Waals surface area contributed by atoms with Crippen LogP contribution >= 0.6 is 12.6 Å². The lowest BCUT2D eigenvalue weighted by atomic mass is 10.0. The van der Waals surface area contributed by atoms with Crippen molar-refractivity contribution in [1.82, 2.24) is 14.9 Å². The lowest BCUT2D eigenvalue weighted by Crippen LogP contribution is -2.48. The van der Waals surface area contributed by atoms with Gasteiger partial charge in [0, 0.05) is 71.6 Å². The molecular weight excluding hydrogens is 594 g/mol. The van der Waals surface area contributed by atoms with Gasteiger partial charge in [-0.15, -0.1) is 12.6 Å². The molecule has 0 saturated carbocycles. The van der Waals surface area contributed by atoms with E-state index in [2.05, 4.69) is 87.5 Å². The van der Waals surface area contributed by atoms with Gasteiger partial charge in [0.05, 0.1) is 18.3 Å². The average molecular weight is 631 g/mol. The molecule has 3 aromatic carbocycles. The smallest absolute Gasteiger partial charge is 0.279 e. The highest BCUT2D eigenvalue weighted by atomic mass is 32.1. The number of nitrogens with two attached hydrogens (primary N) is 2. The van der Waals surface area contributed by atoms with E-state index in [0.29, 0.717) is 17.5 Å². The highest BCUT2D eigenvalue weighted by Gasteiger charge is 2.19. The topological polar surface area (TPSA) is 103 Å². The normalized spacial score (nSPS) is 13.5. The Balaban J connectivity index is 0.000000383. The molecule has 3 heterocycles. The third-order valence-corrected chi connectivity index (χ3v) is 8.08. The van der Waals surface area contributed by atoms with Crippen molar-refractivity contribution in [3.8, 4) is 28.1 Å². The summed E-state index contributed by atoms with van der Waals surface area (Å²) in [5.74, 6) is -0.451. The van der Waals surface area contributed by atoms with Crippen LogP contribution in [0.25, 0.3) is 33.2 Å². The molecule has 1 fully saturated rings. The summed E-state index contributed by atoms with van der Waals surface area (Å²) in [5.41, 5.74) is 18.7. The molecule has 0 radical (unpaired) electrons. The molecule has 0 bridgehead atoms. The number of hydrogen-bond donors (Lipinski definition) is 3. The van der Waals surface area contributed by atoms with E-state index in [1.54, 1.807) is 6.20 Å². The molecule has 8 nitrogen and oxygen atoms in total. The molecule has 1 saturated heterocycles. The van der Waals surface area contributed by atoms with E-state index in [4.69, 9.17) is 16.4 Å². The molecule has 0 spiro atoms. The highest BCUT2D eigenvalue weighted by Crippen LogP contribution is 2.33. The van der Waals surface area contributed by atoms with E-state index < -0.39 is 11.6 Å². The number of piperazine rings is 1. The third-order valence-electron chi connectivity index (χ3n) is 7.72. The zero-order chi connectivity index (χ0) is 32.1.